The van der Waals surface area contributed by atoms with Gasteiger partial charge in [-0.25, -0.2) is 21.6 Å². The molecular formula is C14H23ClN2O4S2. The van der Waals surface area contributed by atoms with Crippen molar-refractivity contribution >= 4 is 32.3 Å². The van der Waals surface area contributed by atoms with E-state index < -0.39 is 19.9 Å². The number of benzene rings is 1. The Balaban J connectivity index is 0.00000264. The average molecular weight is 383 g/mol. The van der Waals surface area contributed by atoms with E-state index in [1.807, 2.05) is 0 Å². The molecule has 0 aliphatic heterocycles. The third-order valence-electron chi connectivity index (χ3n) is 4.09. The topological polar surface area (TPSA) is 106 Å². The van der Waals surface area contributed by atoms with Crippen molar-refractivity contribution in [3.63, 3.8) is 0 Å². The minimum absolute atomic E-state index is 0. The smallest absolute Gasteiger partial charge is 0.240 e. The van der Waals surface area contributed by atoms with Crippen LogP contribution in [-0.4, -0.2) is 35.7 Å². The summed E-state index contributed by atoms with van der Waals surface area (Å²) in [6, 6.07) is 4.94. The molecule has 0 spiro atoms. The third kappa shape index (κ3) is 5.15. The van der Waals surface area contributed by atoms with Crippen molar-refractivity contribution in [1.82, 2.24) is 4.72 Å². The Morgan fingerprint density at radius 2 is 1.57 bits per heavy atom. The second kappa shape index (κ2) is 7.94. The third-order valence-corrected chi connectivity index (χ3v) is 6.73. The van der Waals surface area contributed by atoms with E-state index in [1.165, 1.54) is 24.3 Å². The molecule has 0 radical (unpaired) electrons. The summed E-state index contributed by atoms with van der Waals surface area (Å²) in [7, 11) is -7.04. The number of sulfonamides is 1. The largest absolute Gasteiger partial charge is 0.329 e. The molecule has 9 heteroatoms. The highest BCUT2D eigenvalue weighted by molar-refractivity contribution is 7.90. The van der Waals surface area contributed by atoms with Crippen LogP contribution >= 0.6 is 12.4 Å². The Morgan fingerprint density at radius 3 is 2.00 bits per heavy atom. The van der Waals surface area contributed by atoms with Gasteiger partial charge in [-0.2, -0.15) is 0 Å². The first-order valence-electron chi connectivity index (χ1n) is 7.26. The van der Waals surface area contributed by atoms with E-state index in [4.69, 9.17) is 5.73 Å². The quantitative estimate of drug-likeness (QED) is 0.771. The van der Waals surface area contributed by atoms with Gasteiger partial charge >= 0.3 is 0 Å². The summed E-state index contributed by atoms with van der Waals surface area (Å²) in [4.78, 5) is 0.147. The Labute approximate surface area is 144 Å². The Bertz CT molecular complexity index is 712. The lowest BCUT2D eigenvalue weighted by Crippen LogP contribution is -2.44. The van der Waals surface area contributed by atoms with Crippen LogP contribution in [0, 0.1) is 5.92 Å². The van der Waals surface area contributed by atoms with Gasteiger partial charge in [-0.05, 0) is 43.0 Å². The van der Waals surface area contributed by atoms with Crippen molar-refractivity contribution in [3.8, 4) is 0 Å². The summed E-state index contributed by atoms with van der Waals surface area (Å²) in [5.74, 6) is 0.273. The van der Waals surface area contributed by atoms with Gasteiger partial charge in [0, 0.05) is 18.8 Å². The van der Waals surface area contributed by atoms with Crippen LogP contribution in [0.5, 0.6) is 0 Å². The minimum atomic E-state index is -3.70. The molecule has 0 aromatic heterocycles. The maximum atomic E-state index is 12.4. The summed E-state index contributed by atoms with van der Waals surface area (Å²) >= 11 is 0. The molecule has 1 fully saturated rings. The van der Waals surface area contributed by atoms with Crippen LogP contribution in [0.2, 0.25) is 0 Å². The lowest BCUT2D eigenvalue weighted by Gasteiger charge is -2.23. The molecular weight excluding hydrogens is 360 g/mol. The maximum absolute atomic E-state index is 12.4. The average Bonchev–Trinajstić information content (AvgIpc) is 2.98. The fourth-order valence-electron chi connectivity index (χ4n) is 2.83. The lowest BCUT2D eigenvalue weighted by atomic mass is 9.99. The van der Waals surface area contributed by atoms with E-state index in [1.54, 1.807) is 0 Å². The number of sulfone groups is 1. The van der Waals surface area contributed by atoms with Gasteiger partial charge in [-0.15, -0.1) is 12.4 Å². The zero-order valence-corrected chi connectivity index (χ0v) is 15.4. The van der Waals surface area contributed by atoms with E-state index in [0.29, 0.717) is 0 Å². The molecule has 0 amide bonds. The van der Waals surface area contributed by atoms with Gasteiger partial charge in [-0.1, -0.05) is 12.8 Å². The zero-order chi connectivity index (χ0) is 16.4. The van der Waals surface area contributed by atoms with Crippen molar-refractivity contribution in [1.29, 1.82) is 0 Å². The van der Waals surface area contributed by atoms with Gasteiger partial charge in [0.15, 0.2) is 9.84 Å². The van der Waals surface area contributed by atoms with Crippen LogP contribution in [0.3, 0.4) is 0 Å². The van der Waals surface area contributed by atoms with Crippen LogP contribution in [0.4, 0.5) is 0 Å². The van der Waals surface area contributed by atoms with E-state index in [-0.39, 0.29) is 40.7 Å². The molecule has 0 bridgehead atoms. The molecule has 1 atom stereocenters. The number of halogens is 1. The Morgan fingerprint density at radius 1 is 1.09 bits per heavy atom. The normalized spacial score (nSPS) is 17.7. The van der Waals surface area contributed by atoms with Crippen molar-refractivity contribution in [2.75, 3.05) is 12.8 Å². The van der Waals surface area contributed by atoms with Crippen LogP contribution in [-0.2, 0) is 19.9 Å². The van der Waals surface area contributed by atoms with Crippen LogP contribution < -0.4 is 10.5 Å². The first-order valence-corrected chi connectivity index (χ1v) is 10.6. The zero-order valence-electron chi connectivity index (χ0n) is 12.9. The number of hydrogen-bond donors (Lipinski definition) is 2. The predicted octanol–water partition coefficient (Wildman–Crippen LogP) is 1.31. The molecule has 0 saturated heterocycles. The summed E-state index contributed by atoms with van der Waals surface area (Å²) in [5, 5.41) is 0. The fraction of sp³-hybridized carbons (Fsp3) is 0.571. The lowest BCUT2D eigenvalue weighted by molar-refractivity contribution is 0.405. The Hall–Kier alpha value is -0.670. The van der Waals surface area contributed by atoms with Crippen molar-refractivity contribution in [2.24, 2.45) is 11.7 Å². The first-order chi connectivity index (χ1) is 10.2. The molecule has 23 heavy (non-hydrogen) atoms. The molecule has 6 nitrogen and oxygen atoms in total. The second-order valence-electron chi connectivity index (χ2n) is 5.75. The number of rotatable bonds is 6. The van der Waals surface area contributed by atoms with E-state index in [2.05, 4.69) is 4.72 Å². The summed E-state index contributed by atoms with van der Waals surface area (Å²) in [6.07, 6.45) is 5.26. The van der Waals surface area contributed by atoms with E-state index in [0.717, 1.165) is 31.9 Å². The highest BCUT2D eigenvalue weighted by Gasteiger charge is 2.28. The van der Waals surface area contributed by atoms with Crippen molar-refractivity contribution in [2.45, 2.75) is 41.5 Å². The molecule has 3 N–H and O–H groups in total. The number of nitrogens with two attached hydrogens (primary N) is 1. The number of hydrogen-bond acceptors (Lipinski definition) is 5. The van der Waals surface area contributed by atoms with Gasteiger partial charge in [0.05, 0.1) is 9.79 Å². The van der Waals surface area contributed by atoms with E-state index >= 15 is 0 Å². The summed E-state index contributed by atoms with van der Waals surface area (Å²) in [6.45, 7) is 0.255. The molecule has 132 valence electrons. The molecule has 1 aliphatic rings. The molecule has 1 saturated carbocycles. The standard InChI is InChI=1S/C14H22N2O4S2.ClH/c1-21(17,18)12-6-8-13(9-7-12)22(19,20)16-14(10-15)11-4-2-3-5-11;/h6-9,11,14,16H,2-5,10,15H2,1H3;1H. The second-order valence-corrected chi connectivity index (χ2v) is 9.48. The van der Waals surface area contributed by atoms with Crippen molar-refractivity contribution < 1.29 is 16.8 Å². The van der Waals surface area contributed by atoms with Crippen LogP contribution in [0.25, 0.3) is 0 Å². The molecule has 2 rings (SSSR count). The van der Waals surface area contributed by atoms with Crippen LogP contribution in [0.15, 0.2) is 34.1 Å². The molecule has 1 aliphatic carbocycles. The molecule has 1 aromatic carbocycles. The maximum Gasteiger partial charge on any atom is 0.240 e. The molecule has 0 heterocycles. The predicted molar refractivity (Wildman–Crippen MR) is 91.9 cm³/mol. The van der Waals surface area contributed by atoms with Gasteiger partial charge < -0.3 is 5.73 Å². The van der Waals surface area contributed by atoms with Crippen molar-refractivity contribution in [3.05, 3.63) is 24.3 Å². The highest BCUT2D eigenvalue weighted by atomic mass is 35.5. The fourth-order valence-corrected chi connectivity index (χ4v) is 4.78. The summed E-state index contributed by atoms with van der Waals surface area (Å²) < 4.78 is 50.3. The number of nitrogens with one attached hydrogen (secondary N) is 1. The van der Waals surface area contributed by atoms with Crippen LogP contribution in [0.1, 0.15) is 25.7 Å². The highest BCUT2D eigenvalue weighted by Crippen LogP contribution is 2.28. The monoisotopic (exact) mass is 382 g/mol. The SMILES string of the molecule is CS(=O)(=O)c1ccc(S(=O)(=O)NC(CN)C2CCCC2)cc1.Cl. The first kappa shape index (κ1) is 20.4. The Kier molecular flexibility index (Phi) is 7.03. The van der Waals surface area contributed by atoms with Gasteiger partial charge in [0.1, 0.15) is 0 Å². The molecule has 1 aromatic rings. The van der Waals surface area contributed by atoms with Gasteiger partial charge in [-0.3, -0.25) is 0 Å². The summed E-state index contributed by atoms with van der Waals surface area (Å²) in [5.41, 5.74) is 5.71. The van der Waals surface area contributed by atoms with E-state index in [9.17, 15) is 16.8 Å². The van der Waals surface area contributed by atoms with Gasteiger partial charge in [0.2, 0.25) is 10.0 Å². The minimum Gasteiger partial charge on any atom is -0.329 e. The van der Waals surface area contributed by atoms with Gasteiger partial charge in [0.25, 0.3) is 0 Å². The molecule has 1 unspecified atom stereocenters.